The van der Waals surface area contributed by atoms with E-state index in [2.05, 4.69) is 20.9 Å². The Kier molecular flexibility index (Phi) is 3.79. The number of rotatable bonds is 3. The number of hydrogen-bond donors (Lipinski definition) is 0. The van der Waals surface area contributed by atoms with E-state index in [9.17, 15) is 0 Å². The van der Waals surface area contributed by atoms with E-state index in [0.717, 1.165) is 21.3 Å². The molecule has 2 aromatic rings. The van der Waals surface area contributed by atoms with Crippen LogP contribution < -0.4 is 4.74 Å². The third-order valence-electron chi connectivity index (χ3n) is 2.66. The van der Waals surface area contributed by atoms with E-state index in [0.29, 0.717) is 12.5 Å². The third kappa shape index (κ3) is 3.07. The summed E-state index contributed by atoms with van der Waals surface area (Å²) in [6.07, 6.45) is 0. The third-order valence-corrected chi connectivity index (χ3v) is 3.48. The summed E-state index contributed by atoms with van der Waals surface area (Å²) in [6.45, 7) is 4.56. The Bertz CT molecular complexity index is 488. The van der Waals surface area contributed by atoms with E-state index in [1.54, 1.807) is 0 Å². The van der Waals surface area contributed by atoms with Gasteiger partial charge in [-0.05, 0) is 25.0 Å². The first kappa shape index (κ1) is 12.1. The van der Waals surface area contributed by atoms with Gasteiger partial charge < -0.3 is 4.74 Å². The number of hydrogen-bond acceptors (Lipinski definition) is 2. The number of nitrogens with zero attached hydrogens (tertiary/aromatic N) is 1. The Morgan fingerprint density at radius 2 is 1.88 bits per heavy atom. The Morgan fingerprint density at radius 1 is 1.18 bits per heavy atom. The van der Waals surface area contributed by atoms with Gasteiger partial charge in [0.15, 0.2) is 0 Å². The smallest absolute Gasteiger partial charge is 0.214 e. The Hall–Kier alpha value is -1.35. The van der Waals surface area contributed by atoms with Crippen molar-refractivity contribution >= 4 is 15.9 Å². The first-order chi connectivity index (χ1) is 8.16. The lowest BCUT2D eigenvalue weighted by molar-refractivity contribution is 0.293. The zero-order valence-corrected chi connectivity index (χ0v) is 11.5. The lowest BCUT2D eigenvalue weighted by atomic mass is 10.2. The van der Waals surface area contributed by atoms with Crippen LogP contribution in [0, 0.1) is 13.8 Å². The summed E-state index contributed by atoms with van der Waals surface area (Å²) in [5.74, 6) is 0.656. The van der Waals surface area contributed by atoms with Crippen LogP contribution in [0.15, 0.2) is 40.9 Å². The predicted octanol–water partition coefficient (Wildman–Crippen LogP) is 4.04. The van der Waals surface area contributed by atoms with Crippen molar-refractivity contribution in [3.63, 3.8) is 0 Å². The van der Waals surface area contributed by atoms with E-state index in [4.69, 9.17) is 4.74 Å². The number of benzene rings is 1. The molecule has 17 heavy (non-hydrogen) atoms. The molecule has 0 saturated heterocycles. The van der Waals surface area contributed by atoms with Gasteiger partial charge in [-0.1, -0.05) is 46.3 Å². The standard InChI is InChI=1S/C14H14BrNO/c1-10-11(2)16-14(8-13(10)15)17-9-12-6-4-3-5-7-12/h3-8H,9H2,1-2H3. The normalized spacial score (nSPS) is 10.3. The van der Waals surface area contributed by atoms with Gasteiger partial charge in [0.25, 0.3) is 0 Å². The molecule has 0 N–H and O–H groups in total. The van der Waals surface area contributed by atoms with Crippen molar-refractivity contribution in [1.82, 2.24) is 4.98 Å². The Morgan fingerprint density at radius 3 is 2.53 bits per heavy atom. The lowest BCUT2D eigenvalue weighted by Crippen LogP contribution is -1.99. The summed E-state index contributed by atoms with van der Waals surface area (Å²) >= 11 is 3.50. The van der Waals surface area contributed by atoms with Gasteiger partial charge in [0, 0.05) is 16.2 Å². The minimum absolute atomic E-state index is 0.544. The van der Waals surface area contributed by atoms with Crippen molar-refractivity contribution in [2.45, 2.75) is 20.5 Å². The van der Waals surface area contributed by atoms with Gasteiger partial charge in [-0.15, -0.1) is 0 Å². The second kappa shape index (κ2) is 5.32. The maximum Gasteiger partial charge on any atom is 0.214 e. The van der Waals surface area contributed by atoms with Crippen LogP contribution in [0.4, 0.5) is 0 Å². The van der Waals surface area contributed by atoms with Crippen molar-refractivity contribution in [2.75, 3.05) is 0 Å². The molecular formula is C14H14BrNO. The van der Waals surface area contributed by atoms with Crippen LogP contribution in [-0.4, -0.2) is 4.98 Å². The fourth-order valence-corrected chi connectivity index (χ4v) is 1.96. The molecule has 0 amide bonds. The minimum Gasteiger partial charge on any atom is -0.473 e. The second-order valence-corrected chi connectivity index (χ2v) is 4.78. The molecule has 0 bridgehead atoms. The summed E-state index contributed by atoms with van der Waals surface area (Å²) in [7, 11) is 0. The molecule has 0 radical (unpaired) electrons. The predicted molar refractivity (Wildman–Crippen MR) is 72.2 cm³/mol. The number of ether oxygens (including phenoxy) is 1. The highest BCUT2D eigenvalue weighted by Crippen LogP contribution is 2.23. The summed E-state index contributed by atoms with van der Waals surface area (Å²) in [5, 5.41) is 0. The van der Waals surface area contributed by atoms with Gasteiger partial charge >= 0.3 is 0 Å². The van der Waals surface area contributed by atoms with E-state index in [1.807, 2.05) is 50.2 Å². The van der Waals surface area contributed by atoms with Crippen LogP contribution in [0.25, 0.3) is 0 Å². The molecule has 1 heterocycles. The van der Waals surface area contributed by atoms with Crippen LogP contribution in [0.1, 0.15) is 16.8 Å². The van der Waals surface area contributed by atoms with E-state index in [-0.39, 0.29) is 0 Å². The lowest BCUT2D eigenvalue weighted by Gasteiger charge is -2.09. The van der Waals surface area contributed by atoms with Gasteiger partial charge in [0.2, 0.25) is 5.88 Å². The van der Waals surface area contributed by atoms with Crippen molar-refractivity contribution < 1.29 is 4.74 Å². The van der Waals surface area contributed by atoms with Gasteiger partial charge in [-0.2, -0.15) is 0 Å². The van der Waals surface area contributed by atoms with Crippen LogP contribution in [0.2, 0.25) is 0 Å². The van der Waals surface area contributed by atoms with Gasteiger partial charge in [0.1, 0.15) is 6.61 Å². The SMILES string of the molecule is Cc1nc(OCc2ccccc2)cc(Br)c1C. The largest absolute Gasteiger partial charge is 0.473 e. The average Bonchev–Trinajstić information content (AvgIpc) is 2.34. The molecule has 0 aliphatic rings. The van der Waals surface area contributed by atoms with Crippen molar-refractivity contribution in [1.29, 1.82) is 0 Å². The van der Waals surface area contributed by atoms with E-state index in [1.165, 1.54) is 0 Å². The summed E-state index contributed by atoms with van der Waals surface area (Å²) in [6, 6.07) is 12.0. The minimum atomic E-state index is 0.544. The molecule has 3 heteroatoms. The van der Waals surface area contributed by atoms with Crippen LogP contribution in [-0.2, 0) is 6.61 Å². The Balaban J connectivity index is 2.10. The number of pyridine rings is 1. The molecule has 2 nitrogen and oxygen atoms in total. The fraction of sp³-hybridized carbons (Fsp3) is 0.214. The van der Waals surface area contributed by atoms with Crippen molar-refractivity contribution in [2.24, 2.45) is 0 Å². The van der Waals surface area contributed by atoms with Gasteiger partial charge in [-0.3, -0.25) is 0 Å². The first-order valence-electron chi connectivity index (χ1n) is 5.47. The highest BCUT2D eigenvalue weighted by Gasteiger charge is 2.04. The molecule has 2 rings (SSSR count). The zero-order chi connectivity index (χ0) is 12.3. The van der Waals surface area contributed by atoms with Gasteiger partial charge in [0.05, 0.1) is 0 Å². The molecular weight excluding hydrogens is 278 g/mol. The quantitative estimate of drug-likeness (QED) is 0.851. The highest BCUT2D eigenvalue weighted by molar-refractivity contribution is 9.10. The maximum absolute atomic E-state index is 5.67. The number of aromatic nitrogens is 1. The van der Waals surface area contributed by atoms with Crippen LogP contribution in [0.5, 0.6) is 5.88 Å². The van der Waals surface area contributed by atoms with E-state index >= 15 is 0 Å². The summed E-state index contributed by atoms with van der Waals surface area (Å²) in [4.78, 5) is 4.40. The molecule has 0 saturated carbocycles. The molecule has 88 valence electrons. The average molecular weight is 292 g/mol. The molecule has 1 aromatic carbocycles. The summed E-state index contributed by atoms with van der Waals surface area (Å²) < 4.78 is 6.70. The van der Waals surface area contributed by atoms with Crippen molar-refractivity contribution in [3.8, 4) is 5.88 Å². The molecule has 0 fully saturated rings. The first-order valence-corrected chi connectivity index (χ1v) is 6.26. The van der Waals surface area contributed by atoms with Crippen molar-refractivity contribution in [3.05, 3.63) is 57.7 Å². The van der Waals surface area contributed by atoms with Crippen LogP contribution >= 0.6 is 15.9 Å². The second-order valence-electron chi connectivity index (χ2n) is 3.93. The number of aryl methyl sites for hydroxylation is 1. The fourth-order valence-electron chi connectivity index (χ4n) is 1.48. The molecule has 1 aromatic heterocycles. The van der Waals surface area contributed by atoms with E-state index < -0.39 is 0 Å². The number of halogens is 1. The zero-order valence-electron chi connectivity index (χ0n) is 9.90. The summed E-state index contributed by atoms with van der Waals surface area (Å²) in [5.41, 5.74) is 3.28. The van der Waals surface area contributed by atoms with Gasteiger partial charge in [-0.25, -0.2) is 4.98 Å². The Labute approximate surface area is 110 Å². The molecule has 0 unspecified atom stereocenters. The molecule has 0 aliphatic heterocycles. The monoisotopic (exact) mass is 291 g/mol. The topological polar surface area (TPSA) is 22.1 Å². The highest BCUT2D eigenvalue weighted by atomic mass is 79.9. The molecule has 0 atom stereocenters. The van der Waals surface area contributed by atoms with Crippen LogP contribution in [0.3, 0.4) is 0 Å². The maximum atomic E-state index is 5.67. The molecule has 0 aliphatic carbocycles. The molecule has 0 spiro atoms.